The minimum Gasteiger partial charge on any atom is -0.315 e. The van der Waals surface area contributed by atoms with Crippen molar-refractivity contribution < 1.29 is 9.18 Å². The zero-order valence-corrected chi connectivity index (χ0v) is 20.1. The molecule has 1 fully saturated rings. The number of rotatable bonds is 7. The average molecular weight is 468 g/mol. The smallest absolute Gasteiger partial charge is 0.240 e. The molecule has 0 radical (unpaired) electrons. The Kier molecular flexibility index (Phi) is 7.45. The molecular weight excluding hydrogens is 437 g/mol. The normalized spacial score (nSPS) is 16.4. The minimum atomic E-state index is -0.378. The highest BCUT2D eigenvalue weighted by molar-refractivity contribution is 8.00. The summed E-state index contributed by atoms with van der Waals surface area (Å²) in [4.78, 5) is 17.2. The van der Waals surface area contributed by atoms with Crippen LogP contribution >= 0.6 is 11.8 Å². The summed E-state index contributed by atoms with van der Waals surface area (Å²) in [7, 11) is 1.78. The number of piperidine rings is 1. The first kappa shape index (κ1) is 23.4. The Morgan fingerprint density at radius 1 is 1.00 bits per heavy atom. The van der Waals surface area contributed by atoms with Crippen molar-refractivity contribution in [3.05, 3.63) is 66.2 Å². The molecule has 0 N–H and O–H groups in total. The Bertz CT molecular complexity index is 1070. The van der Waals surface area contributed by atoms with E-state index in [4.69, 9.17) is 0 Å². The standard InChI is InChI=1S/C25H30FN5OS/c1-18(30-16-8-5-9-17-30)23-27-28-25(31(23)22-14-12-20(26)13-15-22)33-19(2)24(32)29(3)21-10-6-4-7-11-21/h4,6-7,10-15,18-19H,5,8-9,16-17H2,1-3H3. The molecule has 0 spiro atoms. The summed E-state index contributed by atoms with van der Waals surface area (Å²) < 4.78 is 15.6. The summed E-state index contributed by atoms with van der Waals surface area (Å²) in [6, 6.07) is 16.0. The van der Waals surface area contributed by atoms with Crippen LogP contribution in [0.25, 0.3) is 5.69 Å². The number of nitrogens with zero attached hydrogens (tertiary/aromatic N) is 5. The maximum atomic E-state index is 13.6. The zero-order valence-electron chi connectivity index (χ0n) is 19.3. The maximum absolute atomic E-state index is 13.6. The summed E-state index contributed by atoms with van der Waals surface area (Å²) in [6.45, 7) is 6.07. The molecule has 2 unspecified atom stereocenters. The molecule has 1 saturated heterocycles. The van der Waals surface area contributed by atoms with Crippen LogP contribution in [0.2, 0.25) is 0 Å². The van der Waals surface area contributed by atoms with Gasteiger partial charge in [-0.2, -0.15) is 0 Å². The molecule has 1 aliphatic heterocycles. The summed E-state index contributed by atoms with van der Waals surface area (Å²) in [5.41, 5.74) is 1.63. The largest absolute Gasteiger partial charge is 0.315 e. The van der Waals surface area contributed by atoms with Gasteiger partial charge in [0.15, 0.2) is 11.0 Å². The number of benzene rings is 2. The van der Waals surface area contributed by atoms with Crippen LogP contribution in [0.4, 0.5) is 10.1 Å². The third-order valence-electron chi connectivity index (χ3n) is 6.16. The van der Waals surface area contributed by atoms with E-state index in [9.17, 15) is 9.18 Å². The highest BCUT2D eigenvalue weighted by Gasteiger charge is 2.28. The van der Waals surface area contributed by atoms with Crippen molar-refractivity contribution in [2.45, 2.75) is 49.6 Å². The van der Waals surface area contributed by atoms with Crippen LogP contribution in [-0.2, 0) is 4.79 Å². The Labute approximate surface area is 198 Å². The van der Waals surface area contributed by atoms with E-state index in [2.05, 4.69) is 22.0 Å². The molecule has 1 aliphatic rings. The van der Waals surface area contributed by atoms with Gasteiger partial charge in [-0.25, -0.2) is 4.39 Å². The molecule has 4 rings (SSSR count). The third kappa shape index (κ3) is 5.28. The number of anilines is 1. The van der Waals surface area contributed by atoms with Gasteiger partial charge in [0.2, 0.25) is 5.91 Å². The fourth-order valence-electron chi connectivity index (χ4n) is 4.19. The molecule has 0 bridgehead atoms. The number of para-hydroxylation sites is 1. The van der Waals surface area contributed by atoms with E-state index in [1.807, 2.05) is 41.8 Å². The van der Waals surface area contributed by atoms with Gasteiger partial charge in [0.05, 0.1) is 11.3 Å². The number of halogens is 1. The molecule has 2 aromatic carbocycles. The molecule has 8 heteroatoms. The summed E-state index contributed by atoms with van der Waals surface area (Å²) in [5.74, 6) is 0.493. The van der Waals surface area contributed by atoms with Crippen LogP contribution < -0.4 is 4.90 Å². The van der Waals surface area contributed by atoms with Crippen molar-refractivity contribution in [3.8, 4) is 5.69 Å². The van der Waals surface area contributed by atoms with E-state index >= 15 is 0 Å². The van der Waals surface area contributed by atoms with Gasteiger partial charge in [0.25, 0.3) is 0 Å². The number of carbonyl (C=O) groups is 1. The Balaban J connectivity index is 1.62. The van der Waals surface area contributed by atoms with Crippen LogP contribution in [-0.4, -0.2) is 51.0 Å². The highest BCUT2D eigenvalue weighted by Crippen LogP contribution is 2.32. The van der Waals surface area contributed by atoms with E-state index in [0.29, 0.717) is 5.16 Å². The predicted octanol–water partition coefficient (Wildman–Crippen LogP) is 5.10. The van der Waals surface area contributed by atoms with E-state index in [0.717, 1.165) is 30.3 Å². The molecule has 1 aromatic heterocycles. The number of hydrogen-bond donors (Lipinski definition) is 0. The van der Waals surface area contributed by atoms with Gasteiger partial charge in [-0.3, -0.25) is 14.3 Å². The van der Waals surface area contributed by atoms with Crippen LogP contribution in [0.3, 0.4) is 0 Å². The number of aromatic nitrogens is 3. The molecule has 0 aliphatic carbocycles. The summed E-state index contributed by atoms with van der Waals surface area (Å²) in [6.07, 6.45) is 3.60. The number of amides is 1. The maximum Gasteiger partial charge on any atom is 0.240 e. The molecule has 0 saturated carbocycles. The Morgan fingerprint density at radius 2 is 1.67 bits per heavy atom. The van der Waals surface area contributed by atoms with Crippen LogP contribution in [0.15, 0.2) is 59.8 Å². The zero-order chi connectivity index (χ0) is 23.4. The second-order valence-corrected chi connectivity index (χ2v) is 9.73. The van der Waals surface area contributed by atoms with Crippen molar-refractivity contribution in [1.82, 2.24) is 19.7 Å². The Hall–Kier alpha value is -2.71. The lowest BCUT2D eigenvalue weighted by Gasteiger charge is -2.32. The molecular formula is C25H30FN5OS. The second-order valence-electron chi connectivity index (χ2n) is 8.42. The van der Waals surface area contributed by atoms with Gasteiger partial charge in [-0.15, -0.1) is 10.2 Å². The lowest BCUT2D eigenvalue weighted by atomic mass is 10.1. The monoisotopic (exact) mass is 467 g/mol. The molecule has 1 amide bonds. The predicted molar refractivity (Wildman–Crippen MR) is 130 cm³/mol. The van der Waals surface area contributed by atoms with Crippen molar-refractivity contribution in [2.24, 2.45) is 0 Å². The third-order valence-corrected chi connectivity index (χ3v) is 7.19. The van der Waals surface area contributed by atoms with Gasteiger partial charge in [-0.05, 0) is 76.2 Å². The molecule has 6 nitrogen and oxygen atoms in total. The quantitative estimate of drug-likeness (QED) is 0.453. The highest BCUT2D eigenvalue weighted by atomic mass is 32.2. The van der Waals surface area contributed by atoms with Gasteiger partial charge < -0.3 is 4.90 Å². The van der Waals surface area contributed by atoms with E-state index in [1.165, 1.54) is 43.2 Å². The molecule has 3 aromatic rings. The topological polar surface area (TPSA) is 54.3 Å². The molecule has 2 heterocycles. The van der Waals surface area contributed by atoms with E-state index in [-0.39, 0.29) is 23.0 Å². The van der Waals surface area contributed by atoms with Crippen LogP contribution in [0, 0.1) is 5.82 Å². The van der Waals surface area contributed by atoms with E-state index in [1.54, 1.807) is 24.1 Å². The number of thioether (sulfide) groups is 1. The lowest BCUT2D eigenvalue weighted by Crippen LogP contribution is -2.34. The summed E-state index contributed by atoms with van der Waals surface area (Å²) in [5, 5.41) is 9.26. The van der Waals surface area contributed by atoms with E-state index < -0.39 is 0 Å². The fourth-order valence-corrected chi connectivity index (χ4v) is 5.16. The van der Waals surface area contributed by atoms with Crippen molar-refractivity contribution in [1.29, 1.82) is 0 Å². The van der Waals surface area contributed by atoms with Crippen molar-refractivity contribution >= 4 is 23.4 Å². The van der Waals surface area contributed by atoms with Crippen LogP contribution in [0.1, 0.15) is 45.0 Å². The minimum absolute atomic E-state index is 0.0227. The first-order valence-electron chi connectivity index (χ1n) is 11.4. The second kappa shape index (κ2) is 10.5. The van der Waals surface area contributed by atoms with Gasteiger partial charge in [-0.1, -0.05) is 36.4 Å². The number of hydrogen-bond acceptors (Lipinski definition) is 5. The van der Waals surface area contributed by atoms with Gasteiger partial charge >= 0.3 is 0 Å². The summed E-state index contributed by atoms with van der Waals surface area (Å²) >= 11 is 1.37. The number of likely N-dealkylation sites (tertiary alicyclic amines) is 1. The van der Waals surface area contributed by atoms with Crippen molar-refractivity contribution in [2.75, 3.05) is 25.0 Å². The Morgan fingerprint density at radius 3 is 2.33 bits per heavy atom. The van der Waals surface area contributed by atoms with Crippen LogP contribution in [0.5, 0.6) is 0 Å². The lowest BCUT2D eigenvalue weighted by molar-refractivity contribution is -0.117. The average Bonchev–Trinajstić information content (AvgIpc) is 3.27. The molecule has 174 valence electrons. The van der Waals surface area contributed by atoms with Crippen molar-refractivity contribution in [3.63, 3.8) is 0 Å². The first-order valence-corrected chi connectivity index (χ1v) is 12.3. The van der Waals surface area contributed by atoms with Gasteiger partial charge in [0.1, 0.15) is 5.82 Å². The van der Waals surface area contributed by atoms with Gasteiger partial charge in [0, 0.05) is 18.4 Å². The molecule has 33 heavy (non-hydrogen) atoms. The fraction of sp³-hybridized carbons (Fsp3) is 0.400. The first-order chi connectivity index (χ1) is 16.0. The SMILES string of the molecule is CC(Sc1nnc(C(C)N2CCCCC2)n1-c1ccc(F)cc1)C(=O)N(C)c1ccccc1. The molecule has 2 atom stereocenters. The number of carbonyl (C=O) groups excluding carboxylic acids is 1.